The maximum Gasteiger partial charge on any atom is 0.315 e. The second kappa shape index (κ2) is 8.52. The van der Waals surface area contributed by atoms with Gasteiger partial charge in [-0.1, -0.05) is 31.0 Å². The number of methoxy groups -OCH3 is 1. The molecule has 0 spiro atoms. The number of hydrogen-bond donors (Lipinski definition) is 3. The standard InChI is InChI=1S/C16H26N2O3/c1-5-6-13(19)10-17-16(20)18-12(3)14-9-11(2)7-8-15(14)21-4/h7-9,12-13,19H,5-6,10H2,1-4H3,(H2,17,18,20). The minimum Gasteiger partial charge on any atom is -0.496 e. The van der Waals surface area contributed by atoms with Crippen molar-refractivity contribution in [2.45, 2.75) is 45.8 Å². The van der Waals surface area contributed by atoms with E-state index in [1.165, 1.54) is 0 Å². The van der Waals surface area contributed by atoms with Crippen LogP contribution in [0.4, 0.5) is 4.79 Å². The topological polar surface area (TPSA) is 70.6 Å². The van der Waals surface area contributed by atoms with Gasteiger partial charge in [-0.15, -0.1) is 0 Å². The van der Waals surface area contributed by atoms with Gasteiger partial charge in [0.1, 0.15) is 5.75 Å². The van der Waals surface area contributed by atoms with Gasteiger partial charge in [-0.05, 0) is 26.3 Å². The monoisotopic (exact) mass is 294 g/mol. The molecule has 0 aliphatic rings. The van der Waals surface area contributed by atoms with Crippen molar-refractivity contribution in [1.29, 1.82) is 0 Å². The van der Waals surface area contributed by atoms with Gasteiger partial charge in [0.2, 0.25) is 0 Å². The second-order valence-corrected chi connectivity index (χ2v) is 5.26. The molecule has 2 atom stereocenters. The van der Waals surface area contributed by atoms with E-state index in [9.17, 15) is 9.90 Å². The minimum atomic E-state index is -0.496. The first-order valence-electron chi connectivity index (χ1n) is 7.34. The zero-order chi connectivity index (χ0) is 15.8. The van der Waals surface area contributed by atoms with Crippen LogP contribution in [0, 0.1) is 6.92 Å². The summed E-state index contributed by atoms with van der Waals surface area (Å²) in [5, 5.41) is 15.1. The number of rotatable bonds is 7. The Morgan fingerprint density at radius 1 is 1.43 bits per heavy atom. The molecular formula is C16H26N2O3. The van der Waals surface area contributed by atoms with Crippen molar-refractivity contribution in [2.24, 2.45) is 0 Å². The molecule has 2 amide bonds. The first-order valence-corrected chi connectivity index (χ1v) is 7.34. The third-order valence-electron chi connectivity index (χ3n) is 3.32. The highest BCUT2D eigenvalue weighted by atomic mass is 16.5. The van der Waals surface area contributed by atoms with Gasteiger partial charge in [0.25, 0.3) is 0 Å². The molecule has 21 heavy (non-hydrogen) atoms. The van der Waals surface area contributed by atoms with Crippen LogP contribution < -0.4 is 15.4 Å². The molecular weight excluding hydrogens is 268 g/mol. The lowest BCUT2D eigenvalue weighted by Gasteiger charge is -2.19. The SMILES string of the molecule is CCCC(O)CNC(=O)NC(C)c1cc(C)ccc1OC. The third kappa shape index (κ3) is 5.63. The zero-order valence-corrected chi connectivity index (χ0v) is 13.3. The fraction of sp³-hybridized carbons (Fsp3) is 0.562. The quantitative estimate of drug-likeness (QED) is 0.723. The van der Waals surface area contributed by atoms with E-state index >= 15 is 0 Å². The van der Waals surface area contributed by atoms with Crippen LogP contribution in [0.1, 0.15) is 43.9 Å². The Bertz CT molecular complexity index is 463. The number of nitrogens with one attached hydrogen (secondary N) is 2. The van der Waals surface area contributed by atoms with Crippen LogP contribution >= 0.6 is 0 Å². The van der Waals surface area contributed by atoms with Crippen LogP contribution in [0.5, 0.6) is 5.75 Å². The van der Waals surface area contributed by atoms with Gasteiger partial charge in [-0.25, -0.2) is 4.79 Å². The summed E-state index contributed by atoms with van der Waals surface area (Å²) in [6.07, 6.45) is 1.08. The highest BCUT2D eigenvalue weighted by molar-refractivity contribution is 5.74. The van der Waals surface area contributed by atoms with Crippen LogP contribution in [-0.2, 0) is 0 Å². The highest BCUT2D eigenvalue weighted by Gasteiger charge is 2.14. The molecule has 0 fully saturated rings. The lowest BCUT2D eigenvalue weighted by atomic mass is 10.0. The molecule has 3 N–H and O–H groups in total. The molecule has 0 radical (unpaired) electrons. The maximum absolute atomic E-state index is 11.8. The van der Waals surface area contributed by atoms with Crippen molar-refractivity contribution in [1.82, 2.24) is 10.6 Å². The van der Waals surface area contributed by atoms with Crippen LogP contribution in [0.2, 0.25) is 0 Å². The largest absolute Gasteiger partial charge is 0.496 e. The number of aryl methyl sites for hydroxylation is 1. The summed E-state index contributed by atoms with van der Waals surface area (Å²) in [6.45, 7) is 6.16. The van der Waals surface area contributed by atoms with Crippen molar-refractivity contribution in [3.8, 4) is 5.75 Å². The Morgan fingerprint density at radius 2 is 2.14 bits per heavy atom. The molecule has 0 aromatic heterocycles. The van der Waals surface area contributed by atoms with E-state index < -0.39 is 6.10 Å². The number of amides is 2. The number of urea groups is 1. The number of aliphatic hydroxyl groups excluding tert-OH is 1. The number of aliphatic hydroxyl groups is 1. The van der Waals surface area contributed by atoms with Gasteiger partial charge in [-0.2, -0.15) is 0 Å². The molecule has 5 heteroatoms. The lowest BCUT2D eigenvalue weighted by Crippen LogP contribution is -2.40. The number of carbonyl (C=O) groups is 1. The van der Waals surface area contributed by atoms with E-state index in [-0.39, 0.29) is 18.6 Å². The van der Waals surface area contributed by atoms with Crippen molar-refractivity contribution < 1.29 is 14.6 Å². The van der Waals surface area contributed by atoms with E-state index in [1.54, 1.807) is 7.11 Å². The Morgan fingerprint density at radius 3 is 2.76 bits per heavy atom. The normalized spacial score (nSPS) is 13.4. The van der Waals surface area contributed by atoms with Crippen molar-refractivity contribution in [2.75, 3.05) is 13.7 Å². The number of carbonyl (C=O) groups excluding carboxylic acids is 1. The van der Waals surface area contributed by atoms with Gasteiger partial charge < -0.3 is 20.5 Å². The van der Waals surface area contributed by atoms with Crippen LogP contribution in [0.3, 0.4) is 0 Å². The van der Waals surface area contributed by atoms with E-state index in [0.717, 1.165) is 23.3 Å². The van der Waals surface area contributed by atoms with E-state index in [2.05, 4.69) is 10.6 Å². The number of benzene rings is 1. The van der Waals surface area contributed by atoms with Gasteiger partial charge in [-0.3, -0.25) is 0 Å². The molecule has 1 aromatic rings. The summed E-state index contributed by atoms with van der Waals surface area (Å²) in [5.41, 5.74) is 2.04. The molecule has 0 saturated carbocycles. The molecule has 0 bridgehead atoms. The second-order valence-electron chi connectivity index (χ2n) is 5.26. The first-order chi connectivity index (χ1) is 9.97. The molecule has 1 rings (SSSR count). The molecule has 0 saturated heterocycles. The summed E-state index contributed by atoms with van der Waals surface area (Å²) in [7, 11) is 1.61. The summed E-state index contributed by atoms with van der Waals surface area (Å²) < 4.78 is 5.32. The minimum absolute atomic E-state index is 0.178. The third-order valence-corrected chi connectivity index (χ3v) is 3.32. The first kappa shape index (κ1) is 17.3. The van der Waals surface area contributed by atoms with Gasteiger partial charge in [0.05, 0.1) is 19.3 Å². The lowest BCUT2D eigenvalue weighted by molar-refractivity contribution is 0.160. The molecule has 118 valence electrons. The summed E-state index contributed by atoms with van der Waals surface area (Å²) in [6, 6.07) is 5.39. The molecule has 0 heterocycles. The van der Waals surface area contributed by atoms with Gasteiger partial charge in [0, 0.05) is 12.1 Å². The number of ether oxygens (including phenoxy) is 1. The Labute approximate surface area is 126 Å². The maximum atomic E-state index is 11.8. The molecule has 2 unspecified atom stereocenters. The molecule has 1 aromatic carbocycles. The van der Waals surface area contributed by atoms with Crippen LogP contribution in [-0.4, -0.2) is 30.9 Å². The smallest absolute Gasteiger partial charge is 0.315 e. The van der Waals surface area contributed by atoms with Crippen molar-refractivity contribution in [3.63, 3.8) is 0 Å². The van der Waals surface area contributed by atoms with Crippen LogP contribution in [0.15, 0.2) is 18.2 Å². The summed E-state index contributed by atoms with van der Waals surface area (Å²) in [5.74, 6) is 0.749. The summed E-state index contributed by atoms with van der Waals surface area (Å²) >= 11 is 0. The van der Waals surface area contributed by atoms with Crippen molar-refractivity contribution >= 4 is 6.03 Å². The molecule has 5 nitrogen and oxygen atoms in total. The van der Waals surface area contributed by atoms with E-state index in [1.807, 2.05) is 39.0 Å². The predicted octanol–water partition coefficient (Wildman–Crippen LogP) is 2.52. The fourth-order valence-electron chi connectivity index (χ4n) is 2.16. The van der Waals surface area contributed by atoms with E-state index in [4.69, 9.17) is 4.74 Å². The predicted molar refractivity (Wildman–Crippen MR) is 83.6 cm³/mol. The average molecular weight is 294 g/mol. The highest BCUT2D eigenvalue weighted by Crippen LogP contribution is 2.25. The van der Waals surface area contributed by atoms with Gasteiger partial charge in [0.15, 0.2) is 0 Å². The fourth-order valence-corrected chi connectivity index (χ4v) is 2.16. The number of hydrogen-bond acceptors (Lipinski definition) is 3. The summed E-state index contributed by atoms with van der Waals surface area (Å²) in [4.78, 5) is 11.8. The Kier molecular flexibility index (Phi) is 7.02. The van der Waals surface area contributed by atoms with E-state index in [0.29, 0.717) is 6.42 Å². The Hall–Kier alpha value is -1.75. The molecule has 0 aliphatic heterocycles. The average Bonchev–Trinajstić information content (AvgIpc) is 2.45. The van der Waals surface area contributed by atoms with Crippen molar-refractivity contribution in [3.05, 3.63) is 29.3 Å². The Balaban J connectivity index is 2.58. The van der Waals surface area contributed by atoms with Crippen LogP contribution in [0.25, 0.3) is 0 Å². The molecule has 0 aliphatic carbocycles. The zero-order valence-electron chi connectivity index (χ0n) is 13.3. The van der Waals surface area contributed by atoms with Gasteiger partial charge >= 0.3 is 6.03 Å².